The molecule has 0 fully saturated rings. The molecule has 0 aliphatic heterocycles. The van der Waals surface area contributed by atoms with Crippen LogP contribution in [-0.2, 0) is 21.1 Å². The van der Waals surface area contributed by atoms with Crippen molar-refractivity contribution >= 4 is 0 Å². The summed E-state index contributed by atoms with van der Waals surface area (Å²) in [5.41, 5.74) is 0. The molecular weight excluding hydrogens is 133 g/mol. The van der Waals surface area contributed by atoms with Gasteiger partial charge in [0.05, 0.1) is 0 Å². The van der Waals surface area contributed by atoms with Crippen molar-refractivity contribution in [3.8, 4) is 0 Å². The molecule has 0 aliphatic carbocycles. The van der Waals surface area contributed by atoms with Crippen molar-refractivity contribution in [2.75, 3.05) is 6.61 Å². The molecule has 1 N–H and O–H groups in total. The molecule has 0 saturated carbocycles. The van der Waals surface area contributed by atoms with Crippen molar-refractivity contribution in [3.63, 3.8) is 0 Å². The van der Waals surface area contributed by atoms with Gasteiger partial charge in [0.15, 0.2) is 0 Å². The second kappa shape index (κ2) is 3.70. The van der Waals surface area contributed by atoms with Gasteiger partial charge in [0, 0.05) is 0 Å². The number of hydrogen-bond donors (Lipinski definition) is 1. The maximum atomic E-state index is 7.89. The van der Waals surface area contributed by atoms with Crippen LogP contribution in [0.1, 0.15) is 0 Å². The Balaban J connectivity index is 1.97. The number of hydrogen-bond acceptors (Lipinski definition) is 1. The standard InChI is InChI=1S/C2H5O.Nb/c1-2-3;/h3H,1-2H2;. The van der Waals surface area contributed by atoms with Gasteiger partial charge in [-0.1, -0.05) is 0 Å². The molecular formula is C2H5NbO. The first kappa shape index (κ1) is 4.70. The summed E-state index contributed by atoms with van der Waals surface area (Å²) in [6.45, 7) is 0.342. The summed E-state index contributed by atoms with van der Waals surface area (Å²) < 4.78 is 0.925. The molecule has 0 atom stereocenters. The Bertz CT molecular complexity index is 8.00. The third-order valence-electron chi connectivity index (χ3n) is 0.1000. The maximum absolute atomic E-state index is 7.89. The molecule has 0 heterocycles. The summed E-state index contributed by atoms with van der Waals surface area (Å²) in [5.74, 6) is 0. The van der Waals surface area contributed by atoms with Crippen LogP contribution in [0, 0.1) is 0 Å². The SMILES string of the molecule is OC[CH2][Nb]. The van der Waals surface area contributed by atoms with E-state index >= 15 is 0 Å². The second-order valence-corrected chi connectivity index (χ2v) is 1.55. The van der Waals surface area contributed by atoms with Crippen LogP contribution < -0.4 is 0 Å². The fourth-order valence-electron chi connectivity index (χ4n) is 0. The zero-order valence-electron chi connectivity index (χ0n) is 2.31. The zero-order valence-corrected chi connectivity index (χ0v) is 4.51. The van der Waals surface area contributed by atoms with E-state index in [-0.39, 0.29) is 0 Å². The third-order valence-corrected chi connectivity index (χ3v) is 0.592. The fraction of sp³-hybridized carbons (Fsp3) is 1.00. The van der Waals surface area contributed by atoms with Gasteiger partial charge in [0.25, 0.3) is 0 Å². The molecule has 0 aromatic heterocycles. The topological polar surface area (TPSA) is 20.2 Å². The van der Waals surface area contributed by atoms with Crippen LogP contribution in [-0.4, -0.2) is 11.7 Å². The quantitative estimate of drug-likeness (QED) is 0.503. The first-order valence-electron chi connectivity index (χ1n) is 1.13. The van der Waals surface area contributed by atoms with Crippen LogP contribution in [0.5, 0.6) is 0 Å². The van der Waals surface area contributed by atoms with Gasteiger partial charge in [0.2, 0.25) is 0 Å². The molecule has 0 saturated heterocycles. The Hall–Kier alpha value is 0.700. The molecule has 4 heavy (non-hydrogen) atoms. The number of aliphatic hydroxyl groups is 1. The van der Waals surface area contributed by atoms with Gasteiger partial charge >= 0.3 is 37.4 Å². The van der Waals surface area contributed by atoms with Gasteiger partial charge in [-0.2, -0.15) is 0 Å². The van der Waals surface area contributed by atoms with E-state index < -0.39 is 0 Å². The average Bonchev–Trinajstić information content (AvgIpc) is 1.37. The first-order chi connectivity index (χ1) is 1.91. The van der Waals surface area contributed by atoms with Crippen molar-refractivity contribution in [2.24, 2.45) is 0 Å². The Labute approximate surface area is 37.9 Å². The van der Waals surface area contributed by atoms with E-state index in [2.05, 4.69) is 0 Å². The minimum atomic E-state index is 0.342. The van der Waals surface area contributed by atoms with Gasteiger partial charge in [-0.05, 0) is 0 Å². The van der Waals surface area contributed by atoms with Gasteiger partial charge in [-0.25, -0.2) is 0 Å². The Morgan fingerprint density at radius 1 is 1.75 bits per heavy atom. The minimum absolute atomic E-state index is 0.342. The summed E-state index contributed by atoms with van der Waals surface area (Å²) in [6, 6.07) is 0. The molecule has 0 aliphatic rings. The third kappa shape index (κ3) is 2.70. The van der Waals surface area contributed by atoms with Crippen LogP contribution in [0.4, 0.5) is 0 Å². The van der Waals surface area contributed by atoms with Crippen LogP contribution in [0.3, 0.4) is 0 Å². The molecule has 2 heteroatoms. The van der Waals surface area contributed by atoms with Crippen molar-refractivity contribution < 1.29 is 26.2 Å². The van der Waals surface area contributed by atoms with E-state index in [1.54, 1.807) is 21.1 Å². The second-order valence-electron chi connectivity index (χ2n) is 0.447. The van der Waals surface area contributed by atoms with Crippen LogP contribution in [0.2, 0.25) is 4.64 Å². The normalized spacial score (nSPS) is 7.25. The molecule has 0 rings (SSSR count). The molecule has 0 amide bonds. The van der Waals surface area contributed by atoms with Crippen molar-refractivity contribution in [1.82, 2.24) is 0 Å². The Kier molecular flexibility index (Phi) is 4.35. The molecule has 0 aromatic rings. The zero-order chi connectivity index (χ0) is 3.41. The van der Waals surface area contributed by atoms with Crippen LogP contribution in [0.15, 0.2) is 0 Å². The van der Waals surface area contributed by atoms with Gasteiger partial charge in [-0.15, -0.1) is 0 Å². The summed E-state index contributed by atoms with van der Waals surface area (Å²) in [5, 5.41) is 7.89. The summed E-state index contributed by atoms with van der Waals surface area (Å²) >= 11 is 1.65. The molecule has 0 spiro atoms. The molecule has 0 bridgehead atoms. The monoisotopic (exact) mass is 138 g/mol. The van der Waals surface area contributed by atoms with Gasteiger partial charge in [0.1, 0.15) is 0 Å². The van der Waals surface area contributed by atoms with E-state index in [1.165, 1.54) is 0 Å². The molecule has 1 nitrogen and oxygen atoms in total. The van der Waals surface area contributed by atoms with Crippen LogP contribution in [0.25, 0.3) is 0 Å². The predicted octanol–water partition coefficient (Wildman–Crippen LogP) is -0.0562. The fourth-order valence-corrected chi connectivity index (χ4v) is 0. The molecule has 0 aromatic carbocycles. The average molecular weight is 138 g/mol. The molecule has 0 radical (unpaired) electrons. The first-order valence-corrected chi connectivity index (χ1v) is 2.69. The van der Waals surface area contributed by atoms with Crippen LogP contribution >= 0.6 is 0 Å². The predicted molar refractivity (Wildman–Crippen MR) is 11.9 cm³/mol. The Morgan fingerprint density at radius 2 is 2.00 bits per heavy atom. The van der Waals surface area contributed by atoms with E-state index in [4.69, 9.17) is 5.11 Å². The van der Waals surface area contributed by atoms with Crippen molar-refractivity contribution in [1.29, 1.82) is 0 Å². The molecule has 24 valence electrons. The summed E-state index contributed by atoms with van der Waals surface area (Å²) in [6.07, 6.45) is 0. The van der Waals surface area contributed by atoms with E-state index in [1.807, 2.05) is 0 Å². The number of rotatable bonds is 1. The van der Waals surface area contributed by atoms with E-state index in [0.717, 1.165) is 4.64 Å². The Morgan fingerprint density at radius 3 is 2.00 bits per heavy atom. The van der Waals surface area contributed by atoms with Gasteiger partial charge in [-0.3, -0.25) is 0 Å². The molecule has 0 unspecified atom stereocenters. The summed E-state index contributed by atoms with van der Waals surface area (Å²) in [4.78, 5) is 0. The van der Waals surface area contributed by atoms with Crippen molar-refractivity contribution in [3.05, 3.63) is 0 Å². The van der Waals surface area contributed by atoms with Gasteiger partial charge < -0.3 is 0 Å². The van der Waals surface area contributed by atoms with E-state index in [9.17, 15) is 0 Å². The number of aliphatic hydroxyl groups excluding tert-OH is 1. The van der Waals surface area contributed by atoms with E-state index in [0.29, 0.717) is 6.61 Å². The summed E-state index contributed by atoms with van der Waals surface area (Å²) in [7, 11) is 0. The van der Waals surface area contributed by atoms with Crippen molar-refractivity contribution in [2.45, 2.75) is 4.64 Å².